The Balaban J connectivity index is 1.55. The number of hydrogen-bond acceptors (Lipinski definition) is 7. The van der Waals surface area contributed by atoms with Crippen molar-refractivity contribution in [1.82, 2.24) is 25.1 Å². The fourth-order valence-corrected chi connectivity index (χ4v) is 4.08. The summed E-state index contributed by atoms with van der Waals surface area (Å²) in [5.41, 5.74) is -0.113. The van der Waals surface area contributed by atoms with E-state index in [1.807, 2.05) is 0 Å². The number of methoxy groups -OCH3 is 1. The molecule has 0 unspecified atom stereocenters. The van der Waals surface area contributed by atoms with Crippen LogP contribution in [0.5, 0.6) is 0 Å². The molecule has 1 aliphatic heterocycles. The maximum Gasteiger partial charge on any atom is 0.329 e. The zero-order valence-electron chi connectivity index (χ0n) is 14.0. The second-order valence-electron chi connectivity index (χ2n) is 6.60. The molecule has 1 saturated heterocycles. The Morgan fingerprint density at radius 2 is 2.29 bits per heavy atom. The molecule has 1 aromatic heterocycles. The maximum absolute atomic E-state index is 10.7. The largest absolute Gasteiger partial charge is 0.480 e. The standard InChI is InChI=1S/C15H25N5O4/c1-23-15-4-3-12(24-10-14(21)22)9-13(15)19(8-5-15)6-2-7-20-11-16-17-18-20/h11-13H,2-10H2,1H3,(H,21,22)/t12-,13+,15-/m0/s1. The van der Waals surface area contributed by atoms with E-state index in [-0.39, 0.29) is 24.4 Å². The monoisotopic (exact) mass is 339 g/mol. The van der Waals surface area contributed by atoms with E-state index >= 15 is 0 Å². The number of hydrogen-bond donors (Lipinski definition) is 1. The number of fused-ring (bicyclic) bond motifs is 1. The molecule has 2 heterocycles. The molecule has 0 bridgehead atoms. The van der Waals surface area contributed by atoms with Crippen molar-refractivity contribution in [3.8, 4) is 0 Å². The number of carbonyl (C=O) groups is 1. The summed E-state index contributed by atoms with van der Waals surface area (Å²) in [5, 5.41) is 20.0. The maximum atomic E-state index is 10.7. The Bertz CT molecular complexity index is 540. The Morgan fingerprint density at radius 3 is 3.00 bits per heavy atom. The molecule has 9 heteroatoms. The molecule has 2 fully saturated rings. The van der Waals surface area contributed by atoms with Crippen molar-refractivity contribution in [3.05, 3.63) is 6.33 Å². The van der Waals surface area contributed by atoms with Gasteiger partial charge in [-0.15, -0.1) is 5.10 Å². The number of aromatic nitrogens is 4. The predicted molar refractivity (Wildman–Crippen MR) is 83.4 cm³/mol. The van der Waals surface area contributed by atoms with Crippen molar-refractivity contribution < 1.29 is 19.4 Å². The summed E-state index contributed by atoms with van der Waals surface area (Å²) in [6, 6.07) is 0.281. The molecule has 0 amide bonds. The van der Waals surface area contributed by atoms with Gasteiger partial charge in [0.05, 0.1) is 11.7 Å². The summed E-state index contributed by atoms with van der Waals surface area (Å²) in [5.74, 6) is -0.914. The Morgan fingerprint density at radius 1 is 1.42 bits per heavy atom. The van der Waals surface area contributed by atoms with Gasteiger partial charge in [-0.25, -0.2) is 9.48 Å². The molecule has 1 saturated carbocycles. The molecule has 3 atom stereocenters. The van der Waals surface area contributed by atoms with Crippen molar-refractivity contribution in [2.75, 3.05) is 26.8 Å². The predicted octanol–water partition coefficient (Wildman–Crippen LogP) is 0.176. The van der Waals surface area contributed by atoms with Crippen molar-refractivity contribution in [1.29, 1.82) is 0 Å². The van der Waals surface area contributed by atoms with Crippen LogP contribution in [0, 0.1) is 0 Å². The van der Waals surface area contributed by atoms with E-state index in [4.69, 9.17) is 14.6 Å². The van der Waals surface area contributed by atoms with Gasteiger partial charge in [0.15, 0.2) is 0 Å². The molecule has 3 rings (SSSR count). The third-order valence-electron chi connectivity index (χ3n) is 5.32. The highest BCUT2D eigenvalue weighted by Crippen LogP contribution is 2.43. The second kappa shape index (κ2) is 7.54. The van der Waals surface area contributed by atoms with Crippen molar-refractivity contribution in [2.45, 2.75) is 56.4 Å². The summed E-state index contributed by atoms with van der Waals surface area (Å²) < 4.78 is 13.2. The van der Waals surface area contributed by atoms with Crippen LogP contribution in [0.1, 0.15) is 32.1 Å². The van der Waals surface area contributed by atoms with Gasteiger partial charge >= 0.3 is 5.97 Å². The zero-order valence-corrected chi connectivity index (χ0v) is 14.0. The topological polar surface area (TPSA) is 103 Å². The van der Waals surface area contributed by atoms with Crippen LogP contribution in [0.2, 0.25) is 0 Å². The molecule has 1 N–H and O–H groups in total. The van der Waals surface area contributed by atoms with Crippen LogP contribution in [-0.4, -0.2) is 80.7 Å². The first-order valence-corrected chi connectivity index (χ1v) is 8.46. The lowest BCUT2D eigenvalue weighted by Gasteiger charge is -2.43. The van der Waals surface area contributed by atoms with Crippen LogP contribution in [-0.2, 0) is 20.8 Å². The lowest BCUT2D eigenvalue weighted by atomic mass is 9.79. The first-order chi connectivity index (χ1) is 11.6. The normalized spacial score (nSPS) is 30.4. The van der Waals surface area contributed by atoms with Gasteiger partial charge in [-0.05, 0) is 42.5 Å². The first-order valence-electron chi connectivity index (χ1n) is 8.46. The summed E-state index contributed by atoms with van der Waals surface area (Å²) in [4.78, 5) is 13.2. The number of aliphatic carboxylic acids is 1. The Hall–Kier alpha value is -1.58. The number of rotatable bonds is 8. The molecule has 1 aliphatic carbocycles. The van der Waals surface area contributed by atoms with E-state index in [0.29, 0.717) is 0 Å². The van der Waals surface area contributed by atoms with Gasteiger partial charge < -0.3 is 14.6 Å². The molecule has 134 valence electrons. The van der Waals surface area contributed by atoms with Gasteiger partial charge in [0.2, 0.25) is 0 Å². The molecular formula is C15H25N5O4. The third-order valence-corrected chi connectivity index (χ3v) is 5.32. The smallest absolute Gasteiger partial charge is 0.329 e. The van der Waals surface area contributed by atoms with Crippen LogP contribution in [0.25, 0.3) is 0 Å². The average molecular weight is 339 g/mol. The summed E-state index contributed by atoms with van der Waals surface area (Å²) in [6.45, 7) is 2.51. The van der Waals surface area contributed by atoms with Crippen molar-refractivity contribution in [2.24, 2.45) is 0 Å². The van der Waals surface area contributed by atoms with Crippen LogP contribution < -0.4 is 0 Å². The van der Waals surface area contributed by atoms with Crippen LogP contribution in [0.15, 0.2) is 6.33 Å². The molecule has 2 aliphatic rings. The van der Waals surface area contributed by atoms with E-state index < -0.39 is 5.97 Å². The average Bonchev–Trinajstić information content (AvgIpc) is 3.21. The number of nitrogens with zero attached hydrogens (tertiary/aromatic N) is 5. The summed E-state index contributed by atoms with van der Waals surface area (Å²) in [7, 11) is 1.79. The molecule has 0 spiro atoms. The number of carboxylic acid groups (broad SMARTS) is 1. The van der Waals surface area contributed by atoms with E-state index in [2.05, 4.69) is 20.4 Å². The van der Waals surface area contributed by atoms with Gasteiger partial charge in [-0.1, -0.05) is 0 Å². The Labute approximate surface area is 140 Å². The molecule has 1 aromatic rings. The van der Waals surface area contributed by atoms with E-state index in [1.165, 1.54) is 0 Å². The van der Waals surface area contributed by atoms with E-state index in [0.717, 1.165) is 51.7 Å². The van der Waals surface area contributed by atoms with Crippen LogP contribution in [0.3, 0.4) is 0 Å². The highest BCUT2D eigenvalue weighted by atomic mass is 16.5. The summed E-state index contributed by atoms with van der Waals surface area (Å²) in [6.07, 6.45) is 6.20. The fraction of sp³-hybridized carbons (Fsp3) is 0.867. The Kier molecular flexibility index (Phi) is 5.42. The minimum Gasteiger partial charge on any atom is -0.480 e. The minimum absolute atomic E-state index is 0.00510. The fourth-order valence-electron chi connectivity index (χ4n) is 4.08. The van der Waals surface area contributed by atoms with Gasteiger partial charge in [0, 0.05) is 32.8 Å². The molecule has 0 radical (unpaired) electrons. The first kappa shape index (κ1) is 17.2. The van der Waals surface area contributed by atoms with Crippen LogP contribution in [0.4, 0.5) is 0 Å². The third kappa shape index (κ3) is 3.73. The number of likely N-dealkylation sites (tertiary alicyclic amines) is 1. The minimum atomic E-state index is -0.914. The van der Waals surface area contributed by atoms with Gasteiger partial charge in [0.25, 0.3) is 0 Å². The molecular weight excluding hydrogens is 314 g/mol. The second-order valence-corrected chi connectivity index (χ2v) is 6.60. The lowest BCUT2D eigenvalue weighted by Crippen LogP contribution is -2.52. The number of tetrazole rings is 1. The highest BCUT2D eigenvalue weighted by Gasteiger charge is 2.50. The SMILES string of the molecule is CO[C@]12CC[C@H](OCC(=O)O)C[C@H]1N(CCCn1cnnn1)CC2. The van der Waals surface area contributed by atoms with Crippen molar-refractivity contribution in [3.63, 3.8) is 0 Å². The molecule has 0 aromatic carbocycles. The zero-order chi connectivity index (χ0) is 17.0. The number of ether oxygens (including phenoxy) is 2. The summed E-state index contributed by atoms with van der Waals surface area (Å²) >= 11 is 0. The number of carboxylic acids is 1. The molecule has 24 heavy (non-hydrogen) atoms. The lowest BCUT2D eigenvalue weighted by molar-refractivity contribution is -0.148. The van der Waals surface area contributed by atoms with Gasteiger partial charge in [0.1, 0.15) is 12.9 Å². The van der Waals surface area contributed by atoms with Crippen LogP contribution >= 0.6 is 0 Å². The van der Waals surface area contributed by atoms with Gasteiger partial charge in [-0.3, -0.25) is 4.90 Å². The number of aryl methyl sites for hydroxylation is 1. The van der Waals surface area contributed by atoms with E-state index in [1.54, 1.807) is 18.1 Å². The van der Waals surface area contributed by atoms with Gasteiger partial charge in [-0.2, -0.15) is 0 Å². The van der Waals surface area contributed by atoms with Crippen molar-refractivity contribution >= 4 is 5.97 Å². The molecule has 9 nitrogen and oxygen atoms in total. The highest BCUT2D eigenvalue weighted by molar-refractivity contribution is 5.68. The van der Waals surface area contributed by atoms with E-state index in [9.17, 15) is 4.79 Å². The quantitative estimate of drug-likeness (QED) is 0.715.